The zero-order valence-corrected chi connectivity index (χ0v) is 32.0. The molecule has 3 amide bonds. The molecule has 2 saturated heterocycles. The number of likely N-dealkylation sites (tertiary alicyclic amines) is 2. The van der Waals surface area contributed by atoms with Gasteiger partial charge in [0.05, 0.1) is 49.5 Å². The summed E-state index contributed by atoms with van der Waals surface area (Å²) in [6.07, 6.45) is 4.40. The molecule has 3 aromatic carbocycles. The second-order valence-corrected chi connectivity index (χ2v) is 15.6. The topological polar surface area (TPSA) is 163 Å². The summed E-state index contributed by atoms with van der Waals surface area (Å²) in [5, 5.41) is 4.80. The highest BCUT2D eigenvalue weighted by Crippen LogP contribution is 2.35. The van der Waals surface area contributed by atoms with E-state index < -0.39 is 23.8 Å². The van der Waals surface area contributed by atoms with Crippen LogP contribution in [-0.4, -0.2) is 85.5 Å². The molecule has 55 heavy (non-hydrogen) atoms. The van der Waals surface area contributed by atoms with Crippen molar-refractivity contribution in [3.63, 3.8) is 0 Å². The number of aromatic amines is 2. The van der Waals surface area contributed by atoms with E-state index in [1.54, 1.807) is 11.1 Å². The van der Waals surface area contributed by atoms with E-state index in [4.69, 9.17) is 9.47 Å². The number of alkyl carbamates (subject to hydrolysis) is 1. The molecule has 5 aromatic rings. The van der Waals surface area contributed by atoms with Crippen LogP contribution >= 0.6 is 0 Å². The van der Waals surface area contributed by atoms with Gasteiger partial charge in [-0.05, 0) is 79.1 Å². The van der Waals surface area contributed by atoms with E-state index in [9.17, 15) is 19.2 Å². The van der Waals surface area contributed by atoms with Crippen LogP contribution in [0.3, 0.4) is 0 Å². The Balaban J connectivity index is 1.04. The number of carbonyl (C=O) groups excluding carboxylic acids is 4. The molecule has 2 fully saturated rings. The van der Waals surface area contributed by atoms with Crippen LogP contribution in [0.4, 0.5) is 9.59 Å². The number of benzene rings is 3. The van der Waals surface area contributed by atoms with Gasteiger partial charge in [0.1, 0.15) is 23.3 Å². The number of hydrogen-bond donors (Lipinski definition) is 3. The SMILES string of the molecule is COC(=O)N[C@H](C(=O)N1CC(=O)C[C@H]1c1ncc(-c2ccc(-c3ccc4cc(-c5cnc([C@@H]6CCCN6C(=O)OC(C)(C)C)[nH]5)ccc4c3)cc2)[nH]1)C(C)C. The summed E-state index contributed by atoms with van der Waals surface area (Å²) in [4.78, 5) is 70.2. The van der Waals surface area contributed by atoms with Crippen LogP contribution in [0, 0.1) is 5.92 Å². The average molecular weight is 746 g/mol. The van der Waals surface area contributed by atoms with Crippen LogP contribution in [0.1, 0.15) is 77.6 Å². The van der Waals surface area contributed by atoms with Crippen LogP contribution < -0.4 is 5.32 Å². The average Bonchev–Trinajstić information content (AvgIpc) is 3.99. The van der Waals surface area contributed by atoms with Crippen molar-refractivity contribution in [3.8, 4) is 33.6 Å². The zero-order valence-electron chi connectivity index (χ0n) is 32.0. The third-order valence-corrected chi connectivity index (χ3v) is 10.2. The summed E-state index contributed by atoms with van der Waals surface area (Å²) in [6, 6.07) is 19.3. The lowest BCUT2D eigenvalue weighted by Crippen LogP contribution is -2.51. The number of ketones is 1. The predicted octanol–water partition coefficient (Wildman–Crippen LogP) is 7.58. The second kappa shape index (κ2) is 15.0. The van der Waals surface area contributed by atoms with E-state index >= 15 is 0 Å². The third kappa shape index (κ3) is 7.96. The fourth-order valence-electron chi connectivity index (χ4n) is 7.37. The number of ether oxygens (including phenoxy) is 2. The fraction of sp³-hybridized carbons (Fsp3) is 0.381. The molecule has 13 nitrogen and oxygen atoms in total. The van der Waals surface area contributed by atoms with E-state index in [0.717, 1.165) is 63.1 Å². The van der Waals surface area contributed by atoms with E-state index in [0.29, 0.717) is 12.4 Å². The molecule has 2 aliphatic rings. The van der Waals surface area contributed by atoms with Gasteiger partial charge < -0.3 is 29.7 Å². The zero-order chi connectivity index (χ0) is 39.0. The van der Waals surface area contributed by atoms with Gasteiger partial charge in [0.25, 0.3) is 0 Å². The Morgan fingerprint density at radius 1 is 0.818 bits per heavy atom. The number of H-pyrrole nitrogens is 2. The van der Waals surface area contributed by atoms with Gasteiger partial charge in [-0.1, -0.05) is 62.4 Å². The van der Waals surface area contributed by atoms with Crippen molar-refractivity contribution < 1.29 is 28.7 Å². The Labute approximate surface area is 319 Å². The van der Waals surface area contributed by atoms with Crippen molar-refractivity contribution >= 4 is 34.6 Å². The molecule has 0 radical (unpaired) electrons. The van der Waals surface area contributed by atoms with E-state index in [-0.39, 0.29) is 42.7 Å². The molecule has 0 spiro atoms. The predicted molar refractivity (Wildman–Crippen MR) is 208 cm³/mol. The van der Waals surface area contributed by atoms with E-state index in [1.165, 1.54) is 12.0 Å². The van der Waals surface area contributed by atoms with Crippen LogP contribution in [0.25, 0.3) is 44.4 Å². The number of nitrogens with zero attached hydrogens (tertiary/aromatic N) is 4. The highest BCUT2D eigenvalue weighted by Gasteiger charge is 2.41. The summed E-state index contributed by atoms with van der Waals surface area (Å²) in [7, 11) is 1.24. The normalized spacial score (nSPS) is 17.9. The van der Waals surface area contributed by atoms with Crippen LogP contribution in [-0.2, 0) is 19.1 Å². The lowest BCUT2D eigenvalue weighted by Gasteiger charge is -2.29. The number of rotatable bonds is 8. The first-order chi connectivity index (χ1) is 26.3. The van der Waals surface area contributed by atoms with Gasteiger partial charge in [-0.2, -0.15) is 0 Å². The Bertz CT molecular complexity index is 2230. The molecular formula is C42H47N7O6. The summed E-state index contributed by atoms with van der Waals surface area (Å²) in [5.74, 6) is 0.635. The Hall–Kier alpha value is -5.98. The highest BCUT2D eigenvalue weighted by molar-refractivity contribution is 5.94. The molecule has 4 heterocycles. The van der Waals surface area contributed by atoms with Gasteiger partial charge in [0.15, 0.2) is 5.78 Å². The number of carbonyl (C=O) groups is 4. The number of methoxy groups -OCH3 is 1. The van der Waals surface area contributed by atoms with Crippen molar-refractivity contribution in [2.45, 2.75) is 77.6 Å². The van der Waals surface area contributed by atoms with Crippen LogP contribution in [0.15, 0.2) is 73.1 Å². The Morgan fingerprint density at radius 2 is 1.40 bits per heavy atom. The number of Topliss-reactive ketones (excluding diaryl/α,β-unsaturated/α-hetero) is 1. The maximum absolute atomic E-state index is 13.5. The van der Waals surface area contributed by atoms with Crippen molar-refractivity contribution in [3.05, 3.63) is 84.7 Å². The third-order valence-electron chi connectivity index (χ3n) is 10.2. The summed E-state index contributed by atoms with van der Waals surface area (Å²) >= 11 is 0. The van der Waals surface area contributed by atoms with Crippen molar-refractivity contribution in [1.29, 1.82) is 0 Å². The number of aromatic nitrogens is 4. The van der Waals surface area contributed by atoms with Crippen LogP contribution in [0.5, 0.6) is 0 Å². The smallest absolute Gasteiger partial charge is 0.410 e. The molecule has 0 bridgehead atoms. The van der Waals surface area contributed by atoms with E-state index in [2.05, 4.69) is 73.8 Å². The maximum atomic E-state index is 13.5. The minimum Gasteiger partial charge on any atom is -0.453 e. The molecule has 0 saturated carbocycles. The molecule has 286 valence electrons. The molecule has 0 unspecified atom stereocenters. The molecule has 3 atom stereocenters. The van der Waals surface area contributed by atoms with Gasteiger partial charge in [-0.15, -0.1) is 0 Å². The standard InChI is InChI=1S/C42H47N7O6/c1-24(2)36(47-40(52)54-6)39(51)49-23-31(50)20-35(49)38-44-21-32(45-38)26-11-9-25(10-12-26)27-13-14-29-19-30(16-15-28(29)18-27)33-22-43-37(46-33)34-8-7-17-48(34)41(53)55-42(3,4)5/h9-16,18-19,21-22,24,34-36H,7-8,17,20,23H2,1-6H3,(H,43,46)(H,44,45)(H,47,52)/t34-,35-,36-/m0/s1. The van der Waals surface area contributed by atoms with Crippen molar-refractivity contribution in [2.24, 2.45) is 5.92 Å². The Morgan fingerprint density at radius 3 is 2.04 bits per heavy atom. The lowest BCUT2D eigenvalue weighted by atomic mass is 9.98. The van der Waals surface area contributed by atoms with Gasteiger partial charge in [-0.3, -0.25) is 14.5 Å². The highest BCUT2D eigenvalue weighted by atomic mass is 16.6. The number of imidazole rings is 2. The molecule has 0 aliphatic carbocycles. The van der Waals surface area contributed by atoms with Crippen LogP contribution in [0.2, 0.25) is 0 Å². The van der Waals surface area contributed by atoms with Gasteiger partial charge >= 0.3 is 12.2 Å². The monoisotopic (exact) mass is 745 g/mol. The first-order valence-corrected chi connectivity index (χ1v) is 18.7. The second-order valence-electron chi connectivity index (χ2n) is 15.6. The quantitative estimate of drug-likeness (QED) is 0.146. The molecule has 2 aromatic heterocycles. The van der Waals surface area contributed by atoms with Gasteiger partial charge in [0.2, 0.25) is 5.91 Å². The number of amides is 3. The maximum Gasteiger partial charge on any atom is 0.410 e. The Kier molecular flexibility index (Phi) is 10.2. The molecule has 13 heteroatoms. The first kappa shape index (κ1) is 37.3. The minimum absolute atomic E-state index is 0.0475. The van der Waals surface area contributed by atoms with Crippen molar-refractivity contribution in [1.82, 2.24) is 35.1 Å². The minimum atomic E-state index is -0.841. The van der Waals surface area contributed by atoms with E-state index in [1.807, 2.05) is 52.9 Å². The number of nitrogens with one attached hydrogen (secondary N) is 3. The fourth-order valence-corrected chi connectivity index (χ4v) is 7.37. The molecule has 2 aliphatic heterocycles. The number of fused-ring (bicyclic) bond motifs is 1. The molecule has 7 rings (SSSR count). The lowest BCUT2D eigenvalue weighted by molar-refractivity contribution is -0.136. The summed E-state index contributed by atoms with van der Waals surface area (Å²) in [6.45, 7) is 9.87. The van der Waals surface area contributed by atoms with Gasteiger partial charge in [-0.25, -0.2) is 19.6 Å². The van der Waals surface area contributed by atoms with Crippen molar-refractivity contribution in [2.75, 3.05) is 20.2 Å². The first-order valence-electron chi connectivity index (χ1n) is 18.7. The summed E-state index contributed by atoms with van der Waals surface area (Å²) < 4.78 is 10.4. The molecule has 3 N–H and O–H groups in total. The van der Waals surface area contributed by atoms with Gasteiger partial charge in [0, 0.05) is 18.5 Å². The summed E-state index contributed by atoms with van der Waals surface area (Å²) in [5.41, 5.74) is 5.14. The largest absolute Gasteiger partial charge is 0.453 e. The number of hydrogen-bond acceptors (Lipinski definition) is 8. The molecular weight excluding hydrogens is 699 g/mol.